The lowest BCUT2D eigenvalue weighted by Crippen LogP contribution is -2.55. The maximum Gasteiger partial charge on any atom is 0.490 e. The molecule has 0 aliphatic carbocycles. The smallest absolute Gasteiger partial charge is 0.387 e. The summed E-state index contributed by atoms with van der Waals surface area (Å²) in [7, 11) is -16.9. The second-order valence-corrected chi connectivity index (χ2v) is 11.1. The van der Waals surface area contributed by atoms with E-state index in [1.807, 2.05) is 5.38 Å². The number of nitrogens with zero attached hydrogens (tertiary/aromatic N) is 2. The Labute approximate surface area is 189 Å². The molecular formula is C12H18ClN4O13P3. The van der Waals surface area contributed by atoms with Crippen LogP contribution < -0.4 is 17.2 Å². The van der Waals surface area contributed by atoms with Crippen LogP contribution in [-0.2, 0) is 31.6 Å². The average molecular weight is 555 g/mol. The highest BCUT2D eigenvalue weighted by molar-refractivity contribution is 7.66. The number of aryl methyl sites for hydroxylation is 1. The van der Waals surface area contributed by atoms with E-state index in [1.165, 1.54) is 13.0 Å². The van der Waals surface area contributed by atoms with E-state index in [0.717, 1.165) is 4.57 Å². The third kappa shape index (κ3) is 6.92. The molecule has 1 aromatic rings. The standard InChI is InChI=1S/C12H18ClN4O13P3/c1-6-4-8(14)16-11(19)17(6)10-12(15,2-3-13)9(18)7(28-10)5-27-32(23,24)30-33(25,26)29-31(20,21)22/h4,7,9-10,18H,5,15H2,1H3,(H,23,24)(H,25,26)(H2,14,16,19)(H2,20,21,22)/t7-,9?,10-,12?/m1/s1. The number of nitrogens with two attached hydrogens (primary N) is 2. The van der Waals surface area contributed by atoms with Crippen LogP contribution >= 0.6 is 35.1 Å². The van der Waals surface area contributed by atoms with Crippen LogP contribution in [0.5, 0.6) is 0 Å². The first-order valence-electron chi connectivity index (χ1n) is 8.30. The molecule has 4 unspecified atom stereocenters. The molecule has 186 valence electrons. The van der Waals surface area contributed by atoms with Gasteiger partial charge in [0.2, 0.25) is 0 Å². The molecule has 9 N–H and O–H groups in total. The highest BCUT2D eigenvalue weighted by Gasteiger charge is 2.55. The van der Waals surface area contributed by atoms with Gasteiger partial charge in [0.15, 0.2) is 11.8 Å². The van der Waals surface area contributed by atoms with Gasteiger partial charge in [-0.25, -0.2) is 18.5 Å². The van der Waals surface area contributed by atoms with Crippen molar-refractivity contribution in [2.45, 2.75) is 30.9 Å². The minimum absolute atomic E-state index is 0.123. The van der Waals surface area contributed by atoms with Gasteiger partial charge in [-0.2, -0.15) is 13.6 Å². The van der Waals surface area contributed by atoms with Gasteiger partial charge >= 0.3 is 29.2 Å². The number of rotatable bonds is 8. The molecule has 1 fully saturated rings. The van der Waals surface area contributed by atoms with Gasteiger partial charge in [-0.15, -0.1) is 0 Å². The van der Waals surface area contributed by atoms with Crippen molar-refractivity contribution in [3.05, 3.63) is 22.2 Å². The van der Waals surface area contributed by atoms with Crippen LogP contribution in [0.1, 0.15) is 11.9 Å². The van der Waals surface area contributed by atoms with E-state index in [-0.39, 0.29) is 11.5 Å². The van der Waals surface area contributed by atoms with Gasteiger partial charge in [-0.1, -0.05) is 5.92 Å². The minimum atomic E-state index is -5.76. The van der Waals surface area contributed by atoms with Crippen LogP contribution in [0.4, 0.5) is 5.82 Å². The monoisotopic (exact) mass is 554 g/mol. The number of aliphatic hydroxyl groups is 1. The lowest BCUT2D eigenvalue weighted by Gasteiger charge is -2.28. The van der Waals surface area contributed by atoms with Crippen molar-refractivity contribution in [1.82, 2.24) is 9.55 Å². The Kier molecular flexibility index (Phi) is 8.35. The van der Waals surface area contributed by atoms with Crippen molar-refractivity contribution < 1.29 is 56.3 Å². The molecule has 0 spiro atoms. The van der Waals surface area contributed by atoms with E-state index in [1.54, 1.807) is 0 Å². The molecular weight excluding hydrogens is 537 g/mol. The fourth-order valence-electron chi connectivity index (χ4n) is 2.82. The number of halogens is 1. The minimum Gasteiger partial charge on any atom is -0.387 e. The molecule has 0 aromatic carbocycles. The zero-order valence-electron chi connectivity index (χ0n) is 16.3. The van der Waals surface area contributed by atoms with Crippen LogP contribution in [-0.4, -0.2) is 58.6 Å². The third-order valence-electron chi connectivity index (χ3n) is 4.04. The normalized spacial score (nSPS) is 29.0. The fraction of sp³-hybridized carbons (Fsp3) is 0.500. The second kappa shape index (κ2) is 9.82. The summed E-state index contributed by atoms with van der Waals surface area (Å²) in [5.74, 6) is 2.15. The third-order valence-corrected chi connectivity index (χ3v) is 7.93. The van der Waals surface area contributed by atoms with Gasteiger partial charge in [0.05, 0.1) is 6.61 Å². The first-order valence-corrected chi connectivity index (χ1v) is 13.2. The average Bonchev–Trinajstić information content (AvgIpc) is 2.81. The van der Waals surface area contributed by atoms with Gasteiger partial charge in [0.1, 0.15) is 18.0 Å². The van der Waals surface area contributed by atoms with E-state index in [4.69, 9.17) is 37.6 Å². The largest absolute Gasteiger partial charge is 0.490 e. The number of phosphoric ester groups is 1. The van der Waals surface area contributed by atoms with Gasteiger partial charge in [0, 0.05) is 11.1 Å². The topological polar surface area (TPSA) is 276 Å². The molecule has 21 heteroatoms. The Morgan fingerprint density at radius 2 is 1.88 bits per heavy atom. The van der Waals surface area contributed by atoms with E-state index < -0.39 is 59.7 Å². The summed E-state index contributed by atoms with van der Waals surface area (Å²) in [5.41, 5.74) is 8.77. The summed E-state index contributed by atoms with van der Waals surface area (Å²) in [4.78, 5) is 51.7. The Morgan fingerprint density at radius 3 is 2.39 bits per heavy atom. The van der Waals surface area contributed by atoms with E-state index >= 15 is 0 Å². The Morgan fingerprint density at radius 1 is 1.27 bits per heavy atom. The van der Waals surface area contributed by atoms with Gasteiger partial charge in [-0.05, 0) is 24.6 Å². The summed E-state index contributed by atoms with van der Waals surface area (Å²) < 4.78 is 51.9. The van der Waals surface area contributed by atoms with Crippen molar-refractivity contribution in [2.75, 3.05) is 12.3 Å². The van der Waals surface area contributed by atoms with Gasteiger partial charge in [0.25, 0.3) is 0 Å². The van der Waals surface area contributed by atoms with Crippen molar-refractivity contribution in [1.29, 1.82) is 0 Å². The summed E-state index contributed by atoms with van der Waals surface area (Å²) >= 11 is 5.41. The van der Waals surface area contributed by atoms with Crippen LogP contribution in [0.3, 0.4) is 0 Å². The van der Waals surface area contributed by atoms with Crippen LogP contribution in [0.2, 0.25) is 0 Å². The summed E-state index contributed by atoms with van der Waals surface area (Å²) in [6.45, 7) is 0.379. The maximum absolute atomic E-state index is 12.3. The highest BCUT2D eigenvalue weighted by atomic mass is 35.5. The number of aliphatic hydroxyl groups excluding tert-OH is 1. The molecule has 17 nitrogen and oxygen atoms in total. The molecule has 2 heterocycles. The van der Waals surface area contributed by atoms with Crippen LogP contribution in [0.15, 0.2) is 10.9 Å². The lowest BCUT2D eigenvalue weighted by molar-refractivity contribution is -0.0474. The quantitative estimate of drug-likeness (QED) is 0.144. The van der Waals surface area contributed by atoms with Crippen LogP contribution in [0.25, 0.3) is 0 Å². The number of nitrogen functional groups attached to an aromatic ring is 1. The molecule has 6 atom stereocenters. The molecule has 33 heavy (non-hydrogen) atoms. The molecule has 1 aliphatic heterocycles. The summed E-state index contributed by atoms with van der Waals surface area (Å²) in [6.07, 6.45) is -5.00. The Bertz CT molecular complexity index is 1180. The maximum atomic E-state index is 12.3. The number of hydrogen-bond donors (Lipinski definition) is 7. The first-order chi connectivity index (χ1) is 14.9. The first kappa shape index (κ1) is 28.1. The van der Waals surface area contributed by atoms with Crippen LogP contribution in [0, 0.1) is 18.2 Å². The van der Waals surface area contributed by atoms with Gasteiger partial charge < -0.3 is 40.9 Å². The second-order valence-electron chi connectivity index (χ2n) is 6.49. The Balaban J connectivity index is 2.28. The van der Waals surface area contributed by atoms with E-state index in [2.05, 4.69) is 24.0 Å². The molecule has 1 saturated heterocycles. The predicted molar refractivity (Wildman–Crippen MR) is 108 cm³/mol. The lowest BCUT2D eigenvalue weighted by atomic mass is 9.92. The molecule has 0 saturated carbocycles. The van der Waals surface area contributed by atoms with Crippen molar-refractivity contribution in [3.63, 3.8) is 0 Å². The number of ether oxygens (including phenoxy) is 1. The van der Waals surface area contributed by atoms with Gasteiger partial charge in [-0.3, -0.25) is 9.09 Å². The van der Waals surface area contributed by atoms with Crippen molar-refractivity contribution >= 4 is 40.9 Å². The zero-order chi connectivity index (χ0) is 25.4. The summed E-state index contributed by atoms with van der Waals surface area (Å²) in [6, 6.07) is 1.28. The molecule has 2 rings (SSSR count). The molecule has 1 aliphatic rings. The van der Waals surface area contributed by atoms with E-state index in [0.29, 0.717) is 0 Å². The highest BCUT2D eigenvalue weighted by Crippen LogP contribution is 2.66. The Hall–Kier alpha value is -1.18. The number of hydrogen-bond acceptors (Lipinski definition) is 12. The predicted octanol–water partition coefficient (Wildman–Crippen LogP) is -1.37. The SMILES string of the molecule is Cc1cc(N)nc(=O)n1[C@@H]1O[C@H](COP(=O)(O)OP(=O)(O)OP(=O)(O)O)C(O)C1(N)C#CCl. The number of anilines is 1. The molecule has 0 amide bonds. The molecule has 0 radical (unpaired) electrons. The number of phosphoric acid groups is 3. The summed E-state index contributed by atoms with van der Waals surface area (Å²) in [5, 5.41) is 12.5. The van der Waals surface area contributed by atoms with Crippen molar-refractivity contribution in [3.8, 4) is 11.3 Å². The number of aromatic nitrogens is 2. The fourth-order valence-corrected chi connectivity index (χ4v) is 6.01. The molecule has 1 aromatic heterocycles. The zero-order valence-corrected chi connectivity index (χ0v) is 19.7. The van der Waals surface area contributed by atoms with E-state index in [9.17, 15) is 33.4 Å². The molecule has 0 bridgehead atoms. The van der Waals surface area contributed by atoms with Crippen molar-refractivity contribution in [2.24, 2.45) is 5.73 Å².